The minimum Gasteiger partial charge on any atom is -0.481 e. The summed E-state index contributed by atoms with van der Waals surface area (Å²) in [7, 11) is 0. The van der Waals surface area contributed by atoms with Gasteiger partial charge in [-0.25, -0.2) is 4.79 Å². The molecule has 2 aromatic carbocycles. The van der Waals surface area contributed by atoms with E-state index in [1.54, 1.807) is 54.6 Å². The molecular formula is C28H38N4O5. The van der Waals surface area contributed by atoms with Crippen LogP contribution in [0.15, 0.2) is 60.7 Å². The lowest BCUT2D eigenvalue weighted by molar-refractivity contribution is -0.152. The molecule has 0 aliphatic carbocycles. The first-order chi connectivity index (χ1) is 17.6. The molecule has 0 saturated carbocycles. The molecule has 0 bridgehead atoms. The van der Waals surface area contributed by atoms with Gasteiger partial charge in [0.15, 0.2) is 0 Å². The van der Waals surface area contributed by atoms with Crippen LogP contribution in [0.3, 0.4) is 0 Å². The fourth-order valence-corrected chi connectivity index (χ4v) is 4.59. The van der Waals surface area contributed by atoms with Crippen LogP contribution in [0, 0.1) is 5.92 Å². The summed E-state index contributed by atoms with van der Waals surface area (Å²) in [4.78, 5) is 53.0. The van der Waals surface area contributed by atoms with Gasteiger partial charge in [0.1, 0.15) is 11.6 Å². The van der Waals surface area contributed by atoms with Gasteiger partial charge in [0.2, 0.25) is 11.8 Å². The van der Waals surface area contributed by atoms with Gasteiger partial charge in [-0.1, -0.05) is 82.1 Å². The number of nitrogens with one attached hydrogen (secondary N) is 2. The number of nitrogens with zero attached hydrogens (tertiary/aromatic N) is 1. The minimum absolute atomic E-state index is 0.150. The van der Waals surface area contributed by atoms with Crippen LogP contribution in [-0.2, 0) is 19.9 Å². The van der Waals surface area contributed by atoms with Crippen molar-refractivity contribution in [2.24, 2.45) is 11.7 Å². The number of primary amides is 1. The fourth-order valence-electron chi connectivity index (χ4n) is 4.59. The van der Waals surface area contributed by atoms with Crippen molar-refractivity contribution in [1.82, 2.24) is 10.2 Å². The van der Waals surface area contributed by atoms with E-state index in [2.05, 4.69) is 10.6 Å². The summed E-state index contributed by atoms with van der Waals surface area (Å²) in [6.45, 7) is 5.88. The zero-order chi connectivity index (χ0) is 27.4. The summed E-state index contributed by atoms with van der Waals surface area (Å²) in [5.41, 5.74) is 5.63. The Morgan fingerprint density at radius 1 is 0.973 bits per heavy atom. The summed E-state index contributed by atoms with van der Waals surface area (Å²) >= 11 is 0. The maximum Gasteiger partial charge on any atom is 0.319 e. The minimum atomic E-state index is -1.49. The van der Waals surface area contributed by atoms with Gasteiger partial charge in [-0.3, -0.25) is 14.4 Å². The van der Waals surface area contributed by atoms with Gasteiger partial charge < -0.3 is 26.4 Å². The Labute approximate surface area is 218 Å². The van der Waals surface area contributed by atoms with E-state index in [9.17, 15) is 24.3 Å². The third kappa shape index (κ3) is 7.55. The van der Waals surface area contributed by atoms with Crippen molar-refractivity contribution >= 4 is 29.5 Å². The Kier molecular flexibility index (Phi) is 11.1. The molecule has 0 fully saturated rings. The highest BCUT2D eigenvalue weighted by atomic mass is 16.4. The number of rotatable bonds is 14. The van der Waals surface area contributed by atoms with E-state index in [1.807, 2.05) is 26.8 Å². The number of carbonyl (C=O) groups excluding carboxylic acids is 3. The van der Waals surface area contributed by atoms with Gasteiger partial charge in [-0.05, 0) is 36.5 Å². The predicted octanol–water partition coefficient (Wildman–Crippen LogP) is 4.10. The van der Waals surface area contributed by atoms with E-state index < -0.39 is 41.3 Å². The summed E-state index contributed by atoms with van der Waals surface area (Å²) in [5.74, 6) is -2.76. The SMILES string of the molecule is CCCCCN(C(=O)C(CCC(=O)O)NC(=O)Nc1ccccc1)C(C(N)=O)(c1ccccc1)C(C)C. The van der Waals surface area contributed by atoms with Crippen molar-refractivity contribution in [2.45, 2.75) is 64.5 Å². The first-order valence-corrected chi connectivity index (χ1v) is 12.7. The molecule has 37 heavy (non-hydrogen) atoms. The number of unbranched alkanes of at least 4 members (excludes halogenated alkanes) is 2. The molecular weight excluding hydrogens is 472 g/mol. The van der Waals surface area contributed by atoms with Gasteiger partial charge >= 0.3 is 12.0 Å². The average Bonchev–Trinajstić information content (AvgIpc) is 2.86. The molecule has 9 nitrogen and oxygen atoms in total. The van der Waals surface area contributed by atoms with Gasteiger partial charge in [0.25, 0.3) is 0 Å². The largest absolute Gasteiger partial charge is 0.481 e. The number of urea groups is 1. The Bertz CT molecular complexity index is 1050. The van der Waals surface area contributed by atoms with E-state index in [4.69, 9.17) is 5.73 Å². The van der Waals surface area contributed by atoms with Crippen LogP contribution in [0.1, 0.15) is 58.4 Å². The zero-order valence-electron chi connectivity index (χ0n) is 21.8. The van der Waals surface area contributed by atoms with Gasteiger partial charge in [-0.2, -0.15) is 0 Å². The number of carboxylic acid groups (broad SMARTS) is 1. The number of nitrogens with two attached hydrogens (primary N) is 1. The highest BCUT2D eigenvalue weighted by Crippen LogP contribution is 2.37. The Balaban J connectivity index is 2.52. The third-order valence-electron chi connectivity index (χ3n) is 6.38. The molecule has 0 aromatic heterocycles. The van der Waals surface area contributed by atoms with E-state index in [1.165, 1.54) is 4.90 Å². The Morgan fingerprint density at radius 3 is 2.08 bits per heavy atom. The normalized spacial score (nSPS) is 13.3. The molecule has 2 unspecified atom stereocenters. The molecule has 0 spiro atoms. The number of amides is 4. The average molecular weight is 511 g/mol. The first kappa shape index (κ1) is 29.4. The van der Waals surface area contributed by atoms with Crippen LogP contribution in [0.2, 0.25) is 0 Å². The summed E-state index contributed by atoms with van der Waals surface area (Å²) in [5, 5.41) is 14.6. The molecule has 0 radical (unpaired) electrons. The van der Waals surface area contributed by atoms with Crippen molar-refractivity contribution in [3.63, 3.8) is 0 Å². The van der Waals surface area contributed by atoms with Crippen molar-refractivity contribution in [1.29, 1.82) is 0 Å². The number of anilines is 1. The quantitative estimate of drug-likeness (QED) is 0.283. The zero-order valence-corrected chi connectivity index (χ0v) is 21.8. The fraction of sp³-hybridized carbons (Fsp3) is 0.429. The second kappa shape index (κ2) is 14.0. The molecule has 9 heteroatoms. The van der Waals surface area contributed by atoms with Crippen LogP contribution in [-0.4, -0.2) is 46.4 Å². The molecule has 0 heterocycles. The van der Waals surface area contributed by atoms with Crippen LogP contribution in [0.4, 0.5) is 10.5 Å². The van der Waals surface area contributed by atoms with E-state index in [-0.39, 0.29) is 19.4 Å². The van der Waals surface area contributed by atoms with Gasteiger partial charge in [0, 0.05) is 18.7 Å². The molecule has 2 rings (SSSR count). The van der Waals surface area contributed by atoms with Crippen LogP contribution < -0.4 is 16.4 Å². The van der Waals surface area contributed by atoms with Crippen LogP contribution in [0.5, 0.6) is 0 Å². The monoisotopic (exact) mass is 510 g/mol. The van der Waals surface area contributed by atoms with Gasteiger partial charge in [0.05, 0.1) is 0 Å². The van der Waals surface area contributed by atoms with Crippen LogP contribution >= 0.6 is 0 Å². The van der Waals surface area contributed by atoms with E-state index in [0.29, 0.717) is 17.7 Å². The number of benzene rings is 2. The van der Waals surface area contributed by atoms with Gasteiger partial charge in [-0.15, -0.1) is 0 Å². The molecule has 200 valence electrons. The summed E-state index contributed by atoms with van der Waals surface area (Å²) in [6.07, 6.45) is 1.81. The standard InChI is InChI=1S/C28H38N4O5/c1-4-5-12-19-32(28(20(2)3,26(29)36)21-13-8-6-9-14-21)25(35)23(17-18-24(33)34)31-27(37)30-22-15-10-7-11-16-22/h6-11,13-16,20,23H,4-5,12,17-19H2,1-3H3,(H2,29,36)(H,33,34)(H2,30,31,37). The summed E-state index contributed by atoms with van der Waals surface area (Å²) in [6, 6.07) is 15.7. The lowest BCUT2D eigenvalue weighted by atomic mass is 9.76. The molecule has 5 N–H and O–H groups in total. The van der Waals surface area contributed by atoms with Crippen LogP contribution in [0.25, 0.3) is 0 Å². The topological polar surface area (TPSA) is 142 Å². The molecule has 2 aromatic rings. The molecule has 0 aliphatic heterocycles. The van der Waals surface area contributed by atoms with Crippen molar-refractivity contribution in [2.75, 3.05) is 11.9 Å². The molecule has 0 saturated heterocycles. The molecule has 4 amide bonds. The maximum atomic E-state index is 14.1. The van der Waals surface area contributed by atoms with E-state index >= 15 is 0 Å². The van der Waals surface area contributed by atoms with E-state index in [0.717, 1.165) is 12.8 Å². The van der Waals surface area contributed by atoms with Crippen molar-refractivity contribution in [3.05, 3.63) is 66.2 Å². The Hall–Kier alpha value is -3.88. The number of aliphatic carboxylic acids is 1. The van der Waals surface area contributed by atoms with Crippen molar-refractivity contribution in [3.8, 4) is 0 Å². The number of carbonyl (C=O) groups is 4. The summed E-state index contributed by atoms with van der Waals surface area (Å²) < 4.78 is 0. The molecule has 2 atom stereocenters. The Morgan fingerprint density at radius 2 is 1.57 bits per heavy atom. The second-order valence-electron chi connectivity index (χ2n) is 9.30. The lowest BCUT2D eigenvalue weighted by Crippen LogP contribution is -2.64. The highest BCUT2D eigenvalue weighted by Gasteiger charge is 2.50. The lowest BCUT2D eigenvalue weighted by Gasteiger charge is -2.46. The smallest absolute Gasteiger partial charge is 0.319 e. The highest BCUT2D eigenvalue weighted by molar-refractivity contribution is 5.97. The maximum absolute atomic E-state index is 14.1. The number of hydrogen-bond donors (Lipinski definition) is 4. The van der Waals surface area contributed by atoms with Crippen molar-refractivity contribution < 1.29 is 24.3 Å². The first-order valence-electron chi connectivity index (χ1n) is 12.7. The predicted molar refractivity (Wildman–Crippen MR) is 143 cm³/mol. The number of hydrogen-bond acceptors (Lipinski definition) is 4. The third-order valence-corrected chi connectivity index (χ3v) is 6.38. The number of carboxylic acids is 1. The number of para-hydroxylation sites is 1. The molecule has 0 aliphatic rings. The second-order valence-corrected chi connectivity index (χ2v) is 9.30.